The van der Waals surface area contributed by atoms with Crippen molar-refractivity contribution >= 4 is 57.4 Å². The normalized spacial score (nSPS) is 9.25. The molecule has 0 saturated carbocycles. The van der Waals surface area contributed by atoms with Crippen LogP contribution in [0.4, 0.5) is 0 Å². The van der Waals surface area contributed by atoms with Gasteiger partial charge in [-0.05, 0) is 23.3 Å². The SMILES string of the molecule is O=C(O)c1ccc(-c2ccccc2)cc1.[K]. The Morgan fingerprint density at radius 1 is 0.812 bits per heavy atom. The summed E-state index contributed by atoms with van der Waals surface area (Å²) in [6.45, 7) is 0. The average Bonchev–Trinajstić information content (AvgIpc) is 2.30. The number of aromatic carboxylic acids is 1. The molecule has 0 atom stereocenters. The van der Waals surface area contributed by atoms with Crippen LogP contribution in [0.1, 0.15) is 10.4 Å². The van der Waals surface area contributed by atoms with Crippen molar-refractivity contribution in [3.8, 4) is 11.1 Å². The van der Waals surface area contributed by atoms with Crippen molar-refractivity contribution in [1.29, 1.82) is 0 Å². The predicted octanol–water partition coefficient (Wildman–Crippen LogP) is 2.67. The fourth-order valence-corrected chi connectivity index (χ4v) is 1.44. The molecule has 2 aromatic rings. The molecule has 3 heteroatoms. The van der Waals surface area contributed by atoms with Gasteiger partial charge in [-0.25, -0.2) is 4.79 Å². The summed E-state index contributed by atoms with van der Waals surface area (Å²) in [5.74, 6) is -0.894. The molecule has 0 fully saturated rings. The van der Waals surface area contributed by atoms with Gasteiger partial charge in [0.25, 0.3) is 0 Å². The Hall–Kier alpha value is -0.454. The average molecular weight is 237 g/mol. The van der Waals surface area contributed by atoms with Gasteiger partial charge in [-0.1, -0.05) is 42.5 Å². The van der Waals surface area contributed by atoms with Gasteiger partial charge in [0, 0.05) is 51.4 Å². The molecule has 2 rings (SSSR count). The zero-order valence-electron chi connectivity index (χ0n) is 9.05. The van der Waals surface area contributed by atoms with Crippen LogP contribution >= 0.6 is 0 Å². The van der Waals surface area contributed by atoms with E-state index in [0.29, 0.717) is 5.56 Å². The molecule has 0 unspecified atom stereocenters. The number of hydrogen-bond acceptors (Lipinski definition) is 1. The van der Waals surface area contributed by atoms with E-state index in [0.717, 1.165) is 11.1 Å². The van der Waals surface area contributed by atoms with Crippen LogP contribution in [-0.4, -0.2) is 62.5 Å². The van der Waals surface area contributed by atoms with Crippen molar-refractivity contribution in [3.05, 3.63) is 60.2 Å². The molecule has 0 saturated heterocycles. The molecular weight excluding hydrogens is 227 g/mol. The second kappa shape index (κ2) is 6.32. The van der Waals surface area contributed by atoms with Crippen LogP contribution in [0, 0.1) is 0 Å². The number of carboxylic acid groups (broad SMARTS) is 1. The summed E-state index contributed by atoms with van der Waals surface area (Å²) in [6.07, 6.45) is 0. The molecule has 0 heterocycles. The van der Waals surface area contributed by atoms with Crippen LogP contribution in [0.3, 0.4) is 0 Å². The monoisotopic (exact) mass is 237 g/mol. The minimum Gasteiger partial charge on any atom is -0.478 e. The summed E-state index contributed by atoms with van der Waals surface area (Å²) >= 11 is 0. The Bertz CT molecular complexity index is 463. The zero-order valence-corrected chi connectivity index (χ0v) is 12.2. The van der Waals surface area contributed by atoms with Crippen LogP contribution in [0.25, 0.3) is 11.1 Å². The molecule has 2 nitrogen and oxygen atoms in total. The molecule has 0 aliphatic rings. The van der Waals surface area contributed by atoms with Gasteiger partial charge < -0.3 is 5.11 Å². The fraction of sp³-hybridized carbons (Fsp3) is 0. The molecule has 0 bridgehead atoms. The van der Waals surface area contributed by atoms with Gasteiger partial charge >= 0.3 is 5.97 Å². The molecule has 0 aliphatic carbocycles. The van der Waals surface area contributed by atoms with E-state index >= 15 is 0 Å². The Kier molecular flexibility index (Phi) is 5.38. The fourth-order valence-electron chi connectivity index (χ4n) is 1.44. The second-order valence-corrected chi connectivity index (χ2v) is 3.25. The van der Waals surface area contributed by atoms with Crippen molar-refractivity contribution in [2.45, 2.75) is 0 Å². The molecule has 2 aromatic carbocycles. The van der Waals surface area contributed by atoms with E-state index in [4.69, 9.17) is 5.11 Å². The first kappa shape index (κ1) is 13.6. The third-order valence-electron chi connectivity index (χ3n) is 2.24. The van der Waals surface area contributed by atoms with Crippen LogP contribution < -0.4 is 0 Å². The molecule has 1 N–H and O–H groups in total. The Morgan fingerprint density at radius 3 is 1.81 bits per heavy atom. The number of rotatable bonds is 2. The third kappa shape index (κ3) is 3.27. The van der Waals surface area contributed by atoms with Gasteiger partial charge in [0.1, 0.15) is 0 Å². The Labute approximate surface area is 137 Å². The van der Waals surface area contributed by atoms with E-state index in [1.54, 1.807) is 12.1 Å². The summed E-state index contributed by atoms with van der Waals surface area (Å²) in [4.78, 5) is 10.6. The van der Waals surface area contributed by atoms with E-state index < -0.39 is 5.97 Å². The zero-order chi connectivity index (χ0) is 10.7. The number of carboxylic acids is 1. The number of benzene rings is 2. The van der Waals surface area contributed by atoms with E-state index in [-0.39, 0.29) is 51.4 Å². The van der Waals surface area contributed by atoms with Gasteiger partial charge in [0.05, 0.1) is 5.56 Å². The molecule has 0 amide bonds. The summed E-state index contributed by atoms with van der Waals surface area (Å²) in [7, 11) is 0. The van der Waals surface area contributed by atoms with Gasteiger partial charge in [0.15, 0.2) is 0 Å². The maximum atomic E-state index is 10.6. The van der Waals surface area contributed by atoms with Crippen molar-refractivity contribution in [2.24, 2.45) is 0 Å². The second-order valence-electron chi connectivity index (χ2n) is 3.25. The van der Waals surface area contributed by atoms with Crippen LogP contribution in [0.15, 0.2) is 54.6 Å². The number of hydrogen-bond donors (Lipinski definition) is 1. The van der Waals surface area contributed by atoms with Crippen LogP contribution in [-0.2, 0) is 0 Å². The summed E-state index contributed by atoms with van der Waals surface area (Å²) in [5, 5.41) is 8.75. The standard InChI is InChI=1S/C13H10O2.K/c14-13(15)12-8-6-11(7-9-12)10-4-2-1-3-5-10;/h1-9H,(H,14,15);. The van der Waals surface area contributed by atoms with E-state index in [2.05, 4.69) is 0 Å². The van der Waals surface area contributed by atoms with Gasteiger partial charge in [-0.3, -0.25) is 0 Å². The minimum atomic E-state index is -0.894. The predicted molar refractivity (Wildman–Crippen MR) is 64.6 cm³/mol. The number of carbonyl (C=O) groups is 1. The van der Waals surface area contributed by atoms with Crippen LogP contribution in [0.5, 0.6) is 0 Å². The molecular formula is C13H10KO2. The first-order valence-electron chi connectivity index (χ1n) is 4.66. The molecule has 1 radical (unpaired) electrons. The van der Waals surface area contributed by atoms with Crippen molar-refractivity contribution in [3.63, 3.8) is 0 Å². The van der Waals surface area contributed by atoms with Crippen LogP contribution in [0.2, 0.25) is 0 Å². The quantitative estimate of drug-likeness (QED) is 0.815. The molecule has 0 spiro atoms. The topological polar surface area (TPSA) is 37.3 Å². The largest absolute Gasteiger partial charge is 0.478 e. The summed E-state index contributed by atoms with van der Waals surface area (Å²) < 4.78 is 0. The first-order valence-corrected chi connectivity index (χ1v) is 4.66. The van der Waals surface area contributed by atoms with Gasteiger partial charge in [-0.2, -0.15) is 0 Å². The maximum absolute atomic E-state index is 10.6. The first-order chi connectivity index (χ1) is 7.27. The van der Waals surface area contributed by atoms with E-state index in [9.17, 15) is 4.79 Å². The molecule has 16 heavy (non-hydrogen) atoms. The maximum Gasteiger partial charge on any atom is 0.335 e. The van der Waals surface area contributed by atoms with Gasteiger partial charge in [0.2, 0.25) is 0 Å². The van der Waals surface area contributed by atoms with Crippen molar-refractivity contribution < 1.29 is 9.90 Å². The van der Waals surface area contributed by atoms with E-state index in [1.165, 1.54) is 0 Å². The minimum absolute atomic E-state index is 0. The van der Waals surface area contributed by atoms with Crippen molar-refractivity contribution in [2.75, 3.05) is 0 Å². The summed E-state index contributed by atoms with van der Waals surface area (Å²) in [6, 6.07) is 16.7. The molecule has 0 aliphatic heterocycles. The van der Waals surface area contributed by atoms with Gasteiger partial charge in [-0.15, -0.1) is 0 Å². The molecule has 0 aromatic heterocycles. The third-order valence-corrected chi connectivity index (χ3v) is 2.24. The molecule has 75 valence electrons. The van der Waals surface area contributed by atoms with Crippen molar-refractivity contribution in [1.82, 2.24) is 0 Å². The summed E-state index contributed by atoms with van der Waals surface area (Å²) in [5.41, 5.74) is 2.43. The smallest absolute Gasteiger partial charge is 0.335 e. The van der Waals surface area contributed by atoms with E-state index in [1.807, 2.05) is 42.5 Å². The Morgan fingerprint density at radius 2 is 1.31 bits per heavy atom. The Balaban J connectivity index is 0.00000128.